The van der Waals surface area contributed by atoms with Gasteiger partial charge in [-0.2, -0.15) is 0 Å². The van der Waals surface area contributed by atoms with Gasteiger partial charge in [0.25, 0.3) is 0 Å². The second-order valence-electron chi connectivity index (χ2n) is 7.19. The van der Waals surface area contributed by atoms with Gasteiger partial charge in [0, 0.05) is 61.6 Å². The van der Waals surface area contributed by atoms with Gasteiger partial charge in [-0.25, -0.2) is 0 Å². The summed E-state index contributed by atoms with van der Waals surface area (Å²) < 4.78 is 12.3. The van der Waals surface area contributed by atoms with Crippen molar-refractivity contribution in [2.24, 2.45) is 10.9 Å². The third-order valence-electron chi connectivity index (χ3n) is 4.38. The van der Waals surface area contributed by atoms with E-state index in [2.05, 4.69) is 35.9 Å². The number of hydrogen-bond donors (Lipinski definition) is 1. The average Bonchev–Trinajstić information content (AvgIpc) is 2.62. The average molecular weight is 379 g/mol. The molecular weight excluding hydrogens is 344 g/mol. The van der Waals surface area contributed by atoms with Crippen molar-refractivity contribution in [3.63, 3.8) is 0 Å². The highest BCUT2D eigenvalue weighted by atomic mass is 32.2. The van der Waals surface area contributed by atoms with Crippen LogP contribution in [0.4, 0.5) is 0 Å². The molecule has 0 saturated carbocycles. The van der Waals surface area contributed by atoms with Crippen molar-refractivity contribution in [3.05, 3.63) is 35.9 Å². The molecule has 146 valence electrons. The molecule has 1 aromatic rings. The van der Waals surface area contributed by atoms with Crippen LogP contribution in [-0.4, -0.2) is 71.5 Å². The molecule has 1 aromatic carbocycles. The molecule has 0 bridgehead atoms. The number of piperazine rings is 1. The van der Waals surface area contributed by atoms with Gasteiger partial charge < -0.3 is 10.2 Å². The SMILES string of the molecule is CCNC(=NCCS(=O)Cc1ccccc1)N1CCN(CC(C)C)CC1. The summed E-state index contributed by atoms with van der Waals surface area (Å²) in [5.41, 5.74) is 1.13. The molecule has 1 unspecified atom stereocenters. The number of hydrogen-bond acceptors (Lipinski definition) is 3. The summed E-state index contributed by atoms with van der Waals surface area (Å²) in [7, 11) is -0.870. The fraction of sp³-hybridized carbons (Fsp3) is 0.650. The molecule has 1 fully saturated rings. The maximum Gasteiger partial charge on any atom is 0.194 e. The fourth-order valence-corrected chi connectivity index (χ4v) is 4.17. The molecule has 0 radical (unpaired) electrons. The first kappa shape index (κ1) is 20.9. The van der Waals surface area contributed by atoms with Crippen molar-refractivity contribution < 1.29 is 4.21 Å². The van der Waals surface area contributed by atoms with Gasteiger partial charge in [-0.15, -0.1) is 0 Å². The predicted molar refractivity (Wildman–Crippen MR) is 112 cm³/mol. The number of nitrogens with zero attached hydrogens (tertiary/aromatic N) is 3. The van der Waals surface area contributed by atoms with Crippen LogP contribution < -0.4 is 5.32 Å². The summed E-state index contributed by atoms with van der Waals surface area (Å²) in [5, 5.41) is 3.39. The van der Waals surface area contributed by atoms with Gasteiger partial charge >= 0.3 is 0 Å². The molecule has 1 aliphatic rings. The quantitative estimate of drug-likeness (QED) is 0.556. The minimum Gasteiger partial charge on any atom is -0.357 e. The van der Waals surface area contributed by atoms with Gasteiger partial charge in [-0.05, 0) is 18.4 Å². The van der Waals surface area contributed by atoms with Gasteiger partial charge in [-0.3, -0.25) is 14.1 Å². The van der Waals surface area contributed by atoms with Crippen molar-refractivity contribution >= 4 is 16.8 Å². The van der Waals surface area contributed by atoms with E-state index < -0.39 is 10.8 Å². The zero-order valence-corrected chi connectivity index (χ0v) is 17.3. The Morgan fingerprint density at radius 2 is 1.88 bits per heavy atom. The Hall–Kier alpha value is -1.40. The Bertz CT molecular complexity index is 568. The Morgan fingerprint density at radius 1 is 1.19 bits per heavy atom. The van der Waals surface area contributed by atoms with Crippen LogP contribution in [-0.2, 0) is 16.6 Å². The van der Waals surface area contributed by atoms with Crippen LogP contribution in [0.2, 0.25) is 0 Å². The first-order valence-corrected chi connectivity index (χ1v) is 11.2. The second kappa shape index (κ2) is 11.3. The first-order valence-electron chi connectivity index (χ1n) is 9.73. The van der Waals surface area contributed by atoms with E-state index in [0.29, 0.717) is 24.0 Å². The Labute approximate surface area is 161 Å². The highest BCUT2D eigenvalue weighted by molar-refractivity contribution is 7.84. The Morgan fingerprint density at radius 3 is 2.50 bits per heavy atom. The number of rotatable bonds is 8. The summed E-state index contributed by atoms with van der Waals surface area (Å²) in [6, 6.07) is 10.0. The van der Waals surface area contributed by atoms with Gasteiger partial charge in [0.2, 0.25) is 0 Å². The van der Waals surface area contributed by atoms with E-state index in [9.17, 15) is 4.21 Å². The molecule has 2 rings (SSSR count). The minimum atomic E-state index is -0.870. The van der Waals surface area contributed by atoms with E-state index in [0.717, 1.165) is 44.2 Å². The third-order valence-corrected chi connectivity index (χ3v) is 5.67. The largest absolute Gasteiger partial charge is 0.357 e. The van der Waals surface area contributed by atoms with Crippen LogP contribution in [0.1, 0.15) is 26.3 Å². The lowest BCUT2D eigenvalue weighted by Crippen LogP contribution is -2.53. The summed E-state index contributed by atoms with van der Waals surface area (Å²) in [6.45, 7) is 13.5. The zero-order valence-electron chi connectivity index (χ0n) is 16.5. The maximum atomic E-state index is 12.3. The molecule has 0 spiro atoms. The van der Waals surface area contributed by atoms with Crippen LogP contribution in [0.25, 0.3) is 0 Å². The minimum absolute atomic E-state index is 0.605. The Kier molecular flexibility index (Phi) is 9.12. The molecule has 0 aromatic heterocycles. The molecule has 1 heterocycles. The van der Waals surface area contributed by atoms with Gasteiger partial charge in [-0.1, -0.05) is 44.2 Å². The van der Waals surface area contributed by atoms with Crippen molar-refractivity contribution in [1.29, 1.82) is 0 Å². The van der Waals surface area contributed by atoms with Crippen molar-refractivity contribution in [2.45, 2.75) is 26.5 Å². The highest BCUT2D eigenvalue weighted by Crippen LogP contribution is 2.06. The van der Waals surface area contributed by atoms with Crippen LogP contribution >= 0.6 is 0 Å². The number of aliphatic imine (C=N–C) groups is 1. The van der Waals surface area contributed by atoms with Gasteiger partial charge in [0.1, 0.15) is 0 Å². The molecular formula is C20H34N4OS. The van der Waals surface area contributed by atoms with Crippen molar-refractivity contribution in [1.82, 2.24) is 15.1 Å². The first-order chi connectivity index (χ1) is 12.6. The van der Waals surface area contributed by atoms with Gasteiger partial charge in [0.15, 0.2) is 5.96 Å². The van der Waals surface area contributed by atoms with E-state index in [1.54, 1.807) is 0 Å². The third kappa shape index (κ3) is 7.46. The lowest BCUT2D eigenvalue weighted by molar-refractivity contribution is 0.164. The standard InChI is InChI=1S/C20H34N4OS/c1-4-21-20(24-13-11-23(12-14-24)16-18(2)3)22-10-15-26(25)17-19-8-6-5-7-9-19/h5-9,18H,4,10-17H2,1-3H3,(H,21,22). The van der Waals surface area contributed by atoms with Crippen LogP contribution in [0.3, 0.4) is 0 Å². The molecule has 5 nitrogen and oxygen atoms in total. The summed E-state index contributed by atoms with van der Waals surface area (Å²) >= 11 is 0. The normalized spacial score (nSPS) is 17.5. The molecule has 0 aliphatic carbocycles. The summed E-state index contributed by atoms with van der Waals surface area (Å²) in [5.74, 6) is 2.90. The van der Waals surface area contributed by atoms with Crippen molar-refractivity contribution in [3.8, 4) is 0 Å². The molecule has 1 atom stereocenters. The van der Waals surface area contributed by atoms with E-state index in [4.69, 9.17) is 4.99 Å². The number of benzene rings is 1. The number of nitrogens with one attached hydrogen (secondary N) is 1. The van der Waals surface area contributed by atoms with Crippen LogP contribution in [0, 0.1) is 5.92 Å². The molecule has 1 N–H and O–H groups in total. The van der Waals surface area contributed by atoms with E-state index in [1.807, 2.05) is 30.3 Å². The smallest absolute Gasteiger partial charge is 0.194 e. The maximum absolute atomic E-state index is 12.3. The summed E-state index contributed by atoms with van der Waals surface area (Å²) in [4.78, 5) is 9.59. The molecule has 1 saturated heterocycles. The monoisotopic (exact) mass is 378 g/mol. The molecule has 1 aliphatic heterocycles. The summed E-state index contributed by atoms with van der Waals surface area (Å²) in [6.07, 6.45) is 0. The van der Waals surface area contributed by atoms with Gasteiger partial charge in [0.05, 0.1) is 6.54 Å². The van der Waals surface area contributed by atoms with E-state index in [1.165, 1.54) is 6.54 Å². The molecule has 26 heavy (non-hydrogen) atoms. The van der Waals surface area contributed by atoms with Crippen LogP contribution in [0.15, 0.2) is 35.3 Å². The molecule has 0 amide bonds. The lowest BCUT2D eigenvalue weighted by atomic mass is 10.2. The molecule has 6 heteroatoms. The number of guanidine groups is 1. The van der Waals surface area contributed by atoms with E-state index >= 15 is 0 Å². The fourth-order valence-electron chi connectivity index (χ4n) is 3.17. The lowest BCUT2D eigenvalue weighted by Gasteiger charge is -2.37. The zero-order chi connectivity index (χ0) is 18.8. The predicted octanol–water partition coefficient (Wildman–Crippen LogP) is 2.17. The van der Waals surface area contributed by atoms with Crippen LogP contribution in [0.5, 0.6) is 0 Å². The van der Waals surface area contributed by atoms with E-state index in [-0.39, 0.29) is 0 Å². The van der Waals surface area contributed by atoms with Crippen molar-refractivity contribution in [2.75, 3.05) is 51.6 Å². The Balaban J connectivity index is 1.80. The highest BCUT2D eigenvalue weighted by Gasteiger charge is 2.19. The topological polar surface area (TPSA) is 47.9 Å². The second-order valence-corrected chi connectivity index (χ2v) is 8.77.